The van der Waals surface area contributed by atoms with E-state index in [4.69, 9.17) is 9.47 Å². The second-order valence-electron chi connectivity index (χ2n) is 5.99. The minimum absolute atomic E-state index is 0.131. The molecular weight excluding hydrogens is 357 g/mol. The van der Waals surface area contributed by atoms with Crippen LogP contribution in [0, 0.1) is 0 Å². The Morgan fingerprint density at radius 1 is 0.963 bits per heavy atom. The minimum atomic E-state index is -4.42. The van der Waals surface area contributed by atoms with Crippen LogP contribution in [0.2, 0.25) is 0 Å². The zero-order chi connectivity index (χ0) is 19.0. The molecule has 0 bridgehead atoms. The maximum Gasteiger partial charge on any atom is 0.416 e. The molecule has 4 aromatic rings. The summed E-state index contributed by atoms with van der Waals surface area (Å²) in [5, 5.41) is 0. The van der Waals surface area contributed by atoms with Crippen molar-refractivity contribution in [2.24, 2.45) is 0 Å². The van der Waals surface area contributed by atoms with Crippen LogP contribution in [0.4, 0.5) is 13.2 Å². The van der Waals surface area contributed by atoms with Crippen molar-refractivity contribution in [1.29, 1.82) is 0 Å². The van der Waals surface area contributed by atoms with Gasteiger partial charge in [-0.1, -0.05) is 0 Å². The molecule has 0 unspecified atom stereocenters. The molecule has 7 heteroatoms. The van der Waals surface area contributed by atoms with Crippen molar-refractivity contribution >= 4 is 16.6 Å². The second kappa shape index (κ2) is 6.50. The molecule has 4 nitrogen and oxygen atoms in total. The van der Waals surface area contributed by atoms with Gasteiger partial charge in [0.05, 0.1) is 29.2 Å². The molecule has 27 heavy (non-hydrogen) atoms. The number of hydrogen-bond acceptors (Lipinski definition) is 3. The average Bonchev–Trinajstić information content (AvgIpc) is 3.15. The number of aromatic nitrogens is 2. The van der Waals surface area contributed by atoms with E-state index in [1.165, 1.54) is 6.07 Å². The van der Waals surface area contributed by atoms with Gasteiger partial charge in [0.1, 0.15) is 23.8 Å². The maximum atomic E-state index is 13.0. The van der Waals surface area contributed by atoms with Crippen LogP contribution in [0.25, 0.3) is 16.6 Å². The zero-order valence-electron chi connectivity index (χ0n) is 14.3. The standard InChI is InChI=1S/C20H15F3N2O2/c1-26-14-5-7-15(8-6-14)27-12-17-18-3-2-10-25(18)19-9-4-13(20(21,22)23)11-16(19)24-17/h2-11H,12H2,1H3. The van der Waals surface area contributed by atoms with Gasteiger partial charge in [0.25, 0.3) is 0 Å². The Morgan fingerprint density at radius 3 is 2.41 bits per heavy atom. The number of rotatable bonds is 4. The Kier molecular flexibility index (Phi) is 4.14. The molecule has 4 rings (SSSR count). The quantitative estimate of drug-likeness (QED) is 0.500. The number of fused-ring (bicyclic) bond motifs is 3. The third kappa shape index (κ3) is 3.28. The van der Waals surface area contributed by atoms with Crippen LogP contribution in [0.5, 0.6) is 11.5 Å². The number of methoxy groups -OCH3 is 1. The Bertz CT molecular complexity index is 1100. The number of alkyl halides is 3. The lowest BCUT2D eigenvalue weighted by molar-refractivity contribution is -0.137. The van der Waals surface area contributed by atoms with Crippen molar-refractivity contribution < 1.29 is 22.6 Å². The van der Waals surface area contributed by atoms with E-state index in [1.54, 1.807) is 37.6 Å². The SMILES string of the molecule is COc1ccc(OCc2nc3cc(C(F)(F)F)ccc3n3cccc23)cc1. The molecule has 0 radical (unpaired) electrons. The average molecular weight is 372 g/mol. The van der Waals surface area contributed by atoms with Gasteiger partial charge in [0.2, 0.25) is 0 Å². The van der Waals surface area contributed by atoms with Gasteiger partial charge in [-0.25, -0.2) is 4.98 Å². The van der Waals surface area contributed by atoms with Gasteiger partial charge in [0.15, 0.2) is 0 Å². The Morgan fingerprint density at radius 2 is 1.70 bits per heavy atom. The number of halogens is 3. The van der Waals surface area contributed by atoms with Crippen LogP contribution in [0.3, 0.4) is 0 Å². The minimum Gasteiger partial charge on any atom is -0.497 e. The molecule has 0 aliphatic carbocycles. The van der Waals surface area contributed by atoms with Crippen molar-refractivity contribution in [2.45, 2.75) is 12.8 Å². The smallest absolute Gasteiger partial charge is 0.416 e. The van der Waals surface area contributed by atoms with Crippen molar-refractivity contribution in [3.63, 3.8) is 0 Å². The van der Waals surface area contributed by atoms with Crippen molar-refractivity contribution in [1.82, 2.24) is 9.38 Å². The highest BCUT2D eigenvalue weighted by molar-refractivity contribution is 5.80. The first-order valence-corrected chi connectivity index (χ1v) is 8.19. The van der Waals surface area contributed by atoms with Crippen LogP contribution in [0.15, 0.2) is 60.8 Å². The summed E-state index contributed by atoms with van der Waals surface area (Å²) in [7, 11) is 1.58. The number of benzene rings is 2. The lowest BCUT2D eigenvalue weighted by atomic mass is 10.1. The van der Waals surface area contributed by atoms with Crippen LogP contribution >= 0.6 is 0 Å². The molecule has 0 fully saturated rings. The summed E-state index contributed by atoms with van der Waals surface area (Å²) in [4.78, 5) is 4.43. The van der Waals surface area contributed by atoms with Gasteiger partial charge in [-0.15, -0.1) is 0 Å². The highest BCUT2D eigenvalue weighted by atomic mass is 19.4. The Hall–Kier alpha value is -3.22. The van der Waals surface area contributed by atoms with Gasteiger partial charge < -0.3 is 13.9 Å². The molecule has 0 spiro atoms. The summed E-state index contributed by atoms with van der Waals surface area (Å²) < 4.78 is 51.8. The van der Waals surface area contributed by atoms with Crippen LogP contribution in [-0.4, -0.2) is 16.5 Å². The van der Waals surface area contributed by atoms with E-state index in [1.807, 2.05) is 16.5 Å². The first kappa shape index (κ1) is 17.2. The van der Waals surface area contributed by atoms with Gasteiger partial charge >= 0.3 is 6.18 Å². The fourth-order valence-electron chi connectivity index (χ4n) is 2.95. The molecule has 2 heterocycles. The molecule has 2 aromatic carbocycles. The fraction of sp³-hybridized carbons (Fsp3) is 0.150. The second-order valence-corrected chi connectivity index (χ2v) is 5.99. The summed E-state index contributed by atoms with van der Waals surface area (Å²) in [6, 6.07) is 14.3. The van der Waals surface area contributed by atoms with Crippen molar-refractivity contribution in [3.05, 3.63) is 72.1 Å². The van der Waals surface area contributed by atoms with Crippen LogP contribution < -0.4 is 9.47 Å². The summed E-state index contributed by atoms with van der Waals surface area (Å²) in [5.41, 5.74) is 1.49. The molecular formula is C20H15F3N2O2. The van der Waals surface area contributed by atoms with Gasteiger partial charge in [-0.05, 0) is 54.6 Å². The van der Waals surface area contributed by atoms with Crippen molar-refractivity contribution in [2.75, 3.05) is 7.11 Å². The molecule has 0 N–H and O–H groups in total. The number of hydrogen-bond donors (Lipinski definition) is 0. The lowest BCUT2D eigenvalue weighted by Crippen LogP contribution is -2.07. The van der Waals surface area contributed by atoms with Crippen LogP contribution in [-0.2, 0) is 12.8 Å². The highest BCUT2D eigenvalue weighted by Gasteiger charge is 2.30. The van der Waals surface area contributed by atoms with E-state index < -0.39 is 11.7 Å². The predicted octanol–water partition coefficient (Wildman–Crippen LogP) is 5.09. The lowest BCUT2D eigenvalue weighted by Gasteiger charge is -2.12. The molecule has 138 valence electrons. The van der Waals surface area contributed by atoms with Crippen molar-refractivity contribution in [3.8, 4) is 11.5 Å². The van der Waals surface area contributed by atoms with E-state index in [0.29, 0.717) is 22.7 Å². The monoisotopic (exact) mass is 372 g/mol. The molecule has 0 amide bonds. The summed E-state index contributed by atoms with van der Waals surface area (Å²) >= 11 is 0. The first-order valence-electron chi connectivity index (χ1n) is 8.19. The molecule has 0 saturated carbocycles. The fourth-order valence-corrected chi connectivity index (χ4v) is 2.95. The first-order chi connectivity index (χ1) is 13.0. The van der Waals surface area contributed by atoms with Gasteiger partial charge in [-0.2, -0.15) is 13.2 Å². The largest absolute Gasteiger partial charge is 0.497 e. The van der Waals surface area contributed by atoms with E-state index >= 15 is 0 Å². The van der Waals surface area contributed by atoms with Gasteiger partial charge in [-0.3, -0.25) is 0 Å². The third-order valence-electron chi connectivity index (χ3n) is 4.30. The molecule has 0 atom stereocenters. The Labute approximate surface area is 152 Å². The summed E-state index contributed by atoms with van der Waals surface area (Å²) in [5.74, 6) is 1.33. The highest BCUT2D eigenvalue weighted by Crippen LogP contribution is 2.31. The van der Waals surface area contributed by atoms with Crippen LogP contribution in [0.1, 0.15) is 11.3 Å². The van der Waals surface area contributed by atoms with E-state index in [0.717, 1.165) is 17.6 Å². The number of ether oxygens (including phenoxy) is 2. The zero-order valence-corrected chi connectivity index (χ0v) is 14.3. The van der Waals surface area contributed by atoms with E-state index in [-0.39, 0.29) is 12.1 Å². The maximum absolute atomic E-state index is 13.0. The molecule has 0 aliphatic rings. The molecule has 0 saturated heterocycles. The Balaban J connectivity index is 1.72. The molecule has 0 aliphatic heterocycles. The summed E-state index contributed by atoms with van der Waals surface area (Å²) in [6.07, 6.45) is -2.62. The predicted molar refractivity (Wildman–Crippen MR) is 95.0 cm³/mol. The number of nitrogens with zero attached hydrogens (tertiary/aromatic N) is 2. The van der Waals surface area contributed by atoms with E-state index in [9.17, 15) is 13.2 Å². The third-order valence-corrected chi connectivity index (χ3v) is 4.30. The van der Waals surface area contributed by atoms with E-state index in [2.05, 4.69) is 4.98 Å². The normalized spacial score (nSPS) is 11.9. The molecule has 2 aromatic heterocycles. The van der Waals surface area contributed by atoms with Gasteiger partial charge in [0, 0.05) is 6.20 Å². The topological polar surface area (TPSA) is 35.8 Å². The summed E-state index contributed by atoms with van der Waals surface area (Å²) in [6.45, 7) is 0.131.